The Bertz CT molecular complexity index is 570. The summed E-state index contributed by atoms with van der Waals surface area (Å²) < 4.78 is 9.84. The zero-order valence-electron chi connectivity index (χ0n) is 17.0. The second-order valence-electron chi connectivity index (χ2n) is 7.86. The number of ether oxygens (including phenoxy) is 2. The first-order valence-electron chi connectivity index (χ1n) is 9.10. The molecule has 1 aliphatic heterocycles. The highest BCUT2D eigenvalue weighted by Crippen LogP contribution is 2.21. The molecule has 0 aromatic heterocycles. The van der Waals surface area contributed by atoms with Gasteiger partial charge < -0.3 is 20.1 Å². The zero-order valence-corrected chi connectivity index (χ0v) is 17.0. The Balaban J connectivity index is 2.75. The fourth-order valence-electron chi connectivity index (χ4n) is 2.70. The van der Waals surface area contributed by atoms with E-state index in [0.717, 1.165) is 0 Å². The standard InChI is InChI=1S/C18H31N3O6/c1-11(2)14(16(24)19-10-13(22)26-6)20-15(23)12-8-7-9-21(12)17(25)27-18(3,4)5/h11-12,14H,7-10H2,1-6H3,(H,19,24)(H,20,23)/t12-,14+/m1/s1. The van der Waals surface area contributed by atoms with Crippen LogP contribution in [0, 0.1) is 5.92 Å². The number of nitrogens with zero attached hydrogens (tertiary/aromatic N) is 1. The van der Waals surface area contributed by atoms with Gasteiger partial charge in [0.25, 0.3) is 0 Å². The van der Waals surface area contributed by atoms with Crippen molar-refractivity contribution in [1.82, 2.24) is 15.5 Å². The first kappa shape index (κ1) is 22.7. The van der Waals surface area contributed by atoms with Gasteiger partial charge in [0.05, 0.1) is 7.11 Å². The molecule has 9 heteroatoms. The Morgan fingerprint density at radius 1 is 1.19 bits per heavy atom. The molecule has 1 saturated heterocycles. The third-order valence-electron chi connectivity index (χ3n) is 4.06. The minimum absolute atomic E-state index is 0.206. The summed E-state index contributed by atoms with van der Waals surface area (Å²) in [5, 5.41) is 5.14. The number of methoxy groups -OCH3 is 1. The topological polar surface area (TPSA) is 114 Å². The maximum Gasteiger partial charge on any atom is 0.410 e. The molecule has 0 radical (unpaired) electrons. The summed E-state index contributed by atoms with van der Waals surface area (Å²) in [6.07, 6.45) is 0.633. The van der Waals surface area contributed by atoms with Gasteiger partial charge in [0.15, 0.2) is 0 Å². The Morgan fingerprint density at radius 3 is 2.33 bits per heavy atom. The van der Waals surface area contributed by atoms with Gasteiger partial charge in [-0.1, -0.05) is 13.8 Å². The zero-order chi connectivity index (χ0) is 20.8. The summed E-state index contributed by atoms with van der Waals surface area (Å²) in [5.74, 6) is -1.68. The summed E-state index contributed by atoms with van der Waals surface area (Å²) >= 11 is 0. The van der Waals surface area contributed by atoms with Gasteiger partial charge in [-0.2, -0.15) is 0 Å². The molecule has 0 aromatic carbocycles. The van der Waals surface area contributed by atoms with E-state index in [1.54, 1.807) is 34.6 Å². The molecule has 1 rings (SSSR count). The Labute approximate surface area is 160 Å². The lowest BCUT2D eigenvalue weighted by molar-refractivity contribution is -0.141. The van der Waals surface area contributed by atoms with Crippen molar-refractivity contribution in [2.45, 2.75) is 65.1 Å². The minimum Gasteiger partial charge on any atom is -0.468 e. The predicted octanol–water partition coefficient (Wildman–Crippen LogP) is 0.816. The van der Waals surface area contributed by atoms with E-state index in [4.69, 9.17) is 4.74 Å². The van der Waals surface area contributed by atoms with E-state index in [1.807, 2.05) is 0 Å². The Hall–Kier alpha value is -2.32. The third kappa shape index (κ3) is 7.07. The normalized spacial score (nSPS) is 18.0. The molecule has 1 fully saturated rings. The maximum atomic E-state index is 12.7. The molecule has 1 aliphatic rings. The van der Waals surface area contributed by atoms with Crippen LogP contribution >= 0.6 is 0 Å². The number of nitrogens with one attached hydrogen (secondary N) is 2. The van der Waals surface area contributed by atoms with Crippen molar-refractivity contribution in [1.29, 1.82) is 0 Å². The molecule has 0 aromatic rings. The molecule has 27 heavy (non-hydrogen) atoms. The van der Waals surface area contributed by atoms with Gasteiger partial charge in [-0.3, -0.25) is 19.3 Å². The lowest BCUT2D eigenvalue weighted by Gasteiger charge is -2.29. The highest BCUT2D eigenvalue weighted by Gasteiger charge is 2.38. The fraction of sp³-hybridized carbons (Fsp3) is 0.778. The first-order chi connectivity index (χ1) is 12.5. The van der Waals surface area contributed by atoms with Crippen molar-refractivity contribution in [3.05, 3.63) is 0 Å². The SMILES string of the molecule is COC(=O)CNC(=O)[C@@H](NC(=O)[C@H]1CCCN1C(=O)OC(C)(C)C)C(C)C. The van der Waals surface area contributed by atoms with Crippen LogP contribution in [-0.4, -0.2) is 66.7 Å². The van der Waals surface area contributed by atoms with Crippen molar-refractivity contribution >= 4 is 23.9 Å². The highest BCUT2D eigenvalue weighted by molar-refractivity contribution is 5.92. The van der Waals surface area contributed by atoms with Gasteiger partial charge in [-0.25, -0.2) is 4.79 Å². The lowest BCUT2D eigenvalue weighted by Crippen LogP contribution is -2.55. The smallest absolute Gasteiger partial charge is 0.410 e. The molecule has 9 nitrogen and oxygen atoms in total. The molecule has 2 atom stereocenters. The van der Waals surface area contributed by atoms with Gasteiger partial charge in [-0.15, -0.1) is 0 Å². The average Bonchev–Trinajstić information content (AvgIpc) is 3.05. The van der Waals surface area contributed by atoms with Crippen molar-refractivity contribution in [2.75, 3.05) is 20.2 Å². The van der Waals surface area contributed by atoms with Crippen LogP contribution in [0.4, 0.5) is 4.79 Å². The van der Waals surface area contributed by atoms with Crippen LogP contribution in [0.2, 0.25) is 0 Å². The molecule has 0 saturated carbocycles. The Morgan fingerprint density at radius 2 is 1.81 bits per heavy atom. The summed E-state index contributed by atoms with van der Waals surface area (Å²) in [4.78, 5) is 49.9. The van der Waals surface area contributed by atoms with E-state index in [1.165, 1.54) is 12.0 Å². The largest absolute Gasteiger partial charge is 0.468 e. The van der Waals surface area contributed by atoms with E-state index >= 15 is 0 Å². The Kier molecular flexibility index (Phi) is 8.05. The van der Waals surface area contributed by atoms with Crippen molar-refractivity contribution in [3.8, 4) is 0 Å². The van der Waals surface area contributed by atoms with Gasteiger partial charge in [0.2, 0.25) is 11.8 Å². The molecule has 0 spiro atoms. The molecule has 2 N–H and O–H groups in total. The van der Waals surface area contributed by atoms with Gasteiger partial charge >= 0.3 is 12.1 Å². The van der Waals surface area contributed by atoms with Crippen LogP contribution in [0.25, 0.3) is 0 Å². The summed E-state index contributed by atoms with van der Waals surface area (Å²) in [7, 11) is 1.22. The van der Waals surface area contributed by atoms with Gasteiger partial charge in [0.1, 0.15) is 24.2 Å². The minimum atomic E-state index is -0.830. The number of amides is 3. The number of hydrogen-bond acceptors (Lipinski definition) is 6. The van der Waals surface area contributed by atoms with Gasteiger partial charge in [0, 0.05) is 6.54 Å². The fourth-order valence-corrected chi connectivity index (χ4v) is 2.70. The molecule has 3 amide bonds. The molecular weight excluding hydrogens is 354 g/mol. The highest BCUT2D eigenvalue weighted by atomic mass is 16.6. The van der Waals surface area contributed by atoms with Crippen molar-refractivity contribution in [3.63, 3.8) is 0 Å². The van der Waals surface area contributed by atoms with E-state index in [9.17, 15) is 19.2 Å². The number of rotatable bonds is 6. The molecule has 154 valence electrons. The lowest BCUT2D eigenvalue weighted by atomic mass is 10.0. The van der Waals surface area contributed by atoms with Crippen LogP contribution in [0.3, 0.4) is 0 Å². The number of carbonyl (C=O) groups excluding carboxylic acids is 4. The van der Waals surface area contributed by atoms with Crippen molar-refractivity contribution < 1.29 is 28.7 Å². The van der Waals surface area contributed by atoms with Crippen LogP contribution in [0.1, 0.15) is 47.5 Å². The molecule has 0 aliphatic carbocycles. The molecule has 0 bridgehead atoms. The van der Waals surface area contributed by atoms with Crippen LogP contribution in [0.15, 0.2) is 0 Å². The monoisotopic (exact) mass is 385 g/mol. The van der Waals surface area contributed by atoms with E-state index in [-0.39, 0.29) is 12.5 Å². The van der Waals surface area contributed by atoms with Crippen molar-refractivity contribution in [2.24, 2.45) is 5.92 Å². The number of esters is 1. The van der Waals surface area contributed by atoms with E-state index in [0.29, 0.717) is 19.4 Å². The van der Waals surface area contributed by atoms with Crippen LogP contribution in [0.5, 0.6) is 0 Å². The number of carbonyl (C=O) groups is 4. The molecule has 0 unspecified atom stereocenters. The second kappa shape index (κ2) is 9.57. The predicted molar refractivity (Wildman–Crippen MR) is 97.8 cm³/mol. The van der Waals surface area contributed by atoms with E-state index < -0.39 is 41.6 Å². The third-order valence-corrected chi connectivity index (χ3v) is 4.06. The van der Waals surface area contributed by atoms with Crippen LogP contribution < -0.4 is 10.6 Å². The first-order valence-corrected chi connectivity index (χ1v) is 9.10. The number of likely N-dealkylation sites (tertiary alicyclic amines) is 1. The molecular formula is C18H31N3O6. The van der Waals surface area contributed by atoms with Crippen LogP contribution in [-0.2, 0) is 23.9 Å². The van der Waals surface area contributed by atoms with Gasteiger partial charge in [-0.05, 0) is 39.5 Å². The summed E-state index contributed by atoms with van der Waals surface area (Å²) in [5.41, 5.74) is -0.658. The molecule has 1 heterocycles. The average molecular weight is 385 g/mol. The quantitative estimate of drug-likeness (QED) is 0.654. The number of hydrogen-bond donors (Lipinski definition) is 2. The second-order valence-corrected chi connectivity index (χ2v) is 7.86. The maximum absolute atomic E-state index is 12.7. The summed E-state index contributed by atoms with van der Waals surface area (Å²) in [6.45, 7) is 8.99. The van der Waals surface area contributed by atoms with E-state index in [2.05, 4.69) is 15.4 Å². The summed E-state index contributed by atoms with van der Waals surface area (Å²) in [6, 6.07) is -1.52.